The van der Waals surface area contributed by atoms with Gasteiger partial charge in [0.05, 0.1) is 0 Å². The molecule has 0 radical (unpaired) electrons. The van der Waals surface area contributed by atoms with Crippen molar-refractivity contribution in [1.29, 1.82) is 0 Å². The lowest BCUT2D eigenvalue weighted by Crippen LogP contribution is -2.68. The SMILES string of the molecule is CC1(N)CN(C2CCOCC2)C1. The van der Waals surface area contributed by atoms with Crippen LogP contribution in [0.15, 0.2) is 0 Å². The molecule has 0 aromatic carbocycles. The summed E-state index contributed by atoms with van der Waals surface area (Å²) >= 11 is 0. The predicted molar refractivity (Wildman–Crippen MR) is 48.0 cm³/mol. The second kappa shape index (κ2) is 2.98. The van der Waals surface area contributed by atoms with Crippen LogP contribution >= 0.6 is 0 Å². The van der Waals surface area contributed by atoms with Crippen molar-refractivity contribution in [3.63, 3.8) is 0 Å². The van der Waals surface area contributed by atoms with Crippen LogP contribution in [0.25, 0.3) is 0 Å². The molecule has 0 aromatic rings. The summed E-state index contributed by atoms with van der Waals surface area (Å²) in [6.07, 6.45) is 2.38. The lowest BCUT2D eigenvalue weighted by Gasteiger charge is -2.50. The standard InChI is InChI=1S/C9H18N2O/c1-9(10)6-11(7-9)8-2-4-12-5-3-8/h8H,2-7,10H2,1H3. The molecule has 2 fully saturated rings. The average molecular weight is 170 g/mol. The minimum absolute atomic E-state index is 0.0817. The van der Waals surface area contributed by atoms with Gasteiger partial charge in [0.2, 0.25) is 0 Å². The van der Waals surface area contributed by atoms with Crippen LogP contribution in [0, 0.1) is 0 Å². The third kappa shape index (κ3) is 1.63. The van der Waals surface area contributed by atoms with Gasteiger partial charge in [-0.2, -0.15) is 0 Å². The summed E-state index contributed by atoms with van der Waals surface area (Å²) in [5, 5.41) is 0. The molecule has 2 aliphatic heterocycles. The molecule has 2 N–H and O–H groups in total. The van der Waals surface area contributed by atoms with Crippen molar-refractivity contribution in [2.75, 3.05) is 26.3 Å². The summed E-state index contributed by atoms with van der Waals surface area (Å²) in [4.78, 5) is 2.49. The van der Waals surface area contributed by atoms with E-state index < -0.39 is 0 Å². The Morgan fingerprint density at radius 2 is 1.92 bits per heavy atom. The van der Waals surface area contributed by atoms with Crippen LogP contribution in [-0.2, 0) is 4.74 Å². The molecule has 0 aliphatic carbocycles. The molecule has 3 heteroatoms. The quantitative estimate of drug-likeness (QED) is 0.611. The topological polar surface area (TPSA) is 38.5 Å². The Hall–Kier alpha value is -0.120. The second-order valence-electron chi connectivity index (χ2n) is 4.40. The molecular weight excluding hydrogens is 152 g/mol. The largest absolute Gasteiger partial charge is 0.381 e. The van der Waals surface area contributed by atoms with Gasteiger partial charge in [0.15, 0.2) is 0 Å². The van der Waals surface area contributed by atoms with Gasteiger partial charge >= 0.3 is 0 Å². The van der Waals surface area contributed by atoms with Gasteiger partial charge < -0.3 is 10.5 Å². The summed E-state index contributed by atoms with van der Waals surface area (Å²) < 4.78 is 5.31. The summed E-state index contributed by atoms with van der Waals surface area (Å²) in [5.41, 5.74) is 6.03. The van der Waals surface area contributed by atoms with E-state index in [9.17, 15) is 0 Å². The summed E-state index contributed by atoms with van der Waals surface area (Å²) in [6.45, 7) is 6.13. The third-order valence-electron chi connectivity index (χ3n) is 2.84. The Bertz CT molecular complexity index is 156. The molecule has 12 heavy (non-hydrogen) atoms. The lowest BCUT2D eigenvalue weighted by atomic mass is 9.90. The molecule has 0 aromatic heterocycles. The van der Waals surface area contributed by atoms with E-state index in [0.717, 1.165) is 32.3 Å². The van der Waals surface area contributed by atoms with Crippen molar-refractivity contribution in [2.45, 2.75) is 31.3 Å². The minimum Gasteiger partial charge on any atom is -0.381 e. The van der Waals surface area contributed by atoms with E-state index in [4.69, 9.17) is 10.5 Å². The zero-order valence-electron chi connectivity index (χ0n) is 7.75. The van der Waals surface area contributed by atoms with E-state index in [-0.39, 0.29) is 5.54 Å². The summed E-state index contributed by atoms with van der Waals surface area (Å²) in [7, 11) is 0. The zero-order chi connectivity index (χ0) is 8.60. The van der Waals surface area contributed by atoms with E-state index in [1.807, 2.05) is 0 Å². The van der Waals surface area contributed by atoms with Gasteiger partial charge in [0.25, 0.3) is 0 Å². The Balaban J connectivity index is 1.79. The van der Waals surface area contributed by atoms with Crippen LogP contribution in [0.4, 0.5) is 0 Å². The number of nitrogens with two attached hydrogens (primary N) is 1. The third-order valence-corrected chi connectivity index (χ3v) is 2.84. The van der Waals surface area contributed by atoms with Gasteiger partial charge in [-0.25, -0.2) is 0 Å². The fourth-order valence-electron chi connectivity index (χ4n) is 2.19. The molecule has 2 rings (SSSR count). The van der Waals surface area contributed by atoms with Crippen LogP contribution in [0.1, 0.15) is 19.8 Å². The Morgan fingerprint density at radius 3 is 2.42 bits per heavy atom. The van der Waals surface area contributed by atoms with Crippen molar-refractivity contribution < 1.29 is 4.74 Å². The first-order chi connectivity index (χ1) is 5.67. The number of hydrogen-bond donors (Lipinski definition) is 1. The van der Waals surface area contributed by atoms with Gasteiger partial charge in [0.1, 0.15) is 0 Å². The smallest absolute Gasteiger partial charge is 0.0480 e. The van der Waals surface area contributed by atoms with E-state index >= 15 is 0 Å². The van der Waals surface area contributed by atoms with Gasteiger partial charge in [-0.05, 0) is 19.8 Å². The zero-order valence-corrected chi connectivity index (χ0v) is 7.75. The monoisotopic (exact) mass is 170 g/mol. The maximum atomic E-state index is 5.95. The van der Waals surface area contributed by atoms with Crippen molar-refractivity contribution in [2.24, 2.45) is 5.73 Å². The van der Waals surface area contributed by atoms with E-state index in [1.54, 1.807) is 0 Å². The molecule has 2 aliphatic rings. The number of rotatable bonds is 1. The molecule has 0 atom stereocenters. The lowest BCUT2D eigenvalue weighted by molar-refractivity contribution is -0.0210. The van der Waals surface area contributed by atoms with Gasteiger partial charge in [-0.15, -0.1) is 0 Å². The van der Waals surface area contributed by atoms with Crippen molar-refractivity contribution >= 4 is 0 Å². The molecule has 0 unspecified atom stereocenters. The first kappa shape index (κ1) is 8.48. The fraction of sp³-hybridized carbons (Fsp3) is 1.00. The van der Waals surface area contributed by atoms with Crippen molar-refractivity contribution in [1.82, 2.24) is 4.90 Å². The molecule has 2 saturated heterocycles. The van der Waals surface area contributed by atoms with E-state index in [2.05, 4.69) is 11.8 Å². The van der Waals surface area contributed by atoms with Crippen LogP contribution in [0.5, 0.6) is 0 Å². The number of nitrogens with zero attached hydrogens (tertiary/aromatic N) is 1. The van der Waals surface area contributed by atoms with Crippen LogP contribution in [-0.4, -0.2) is 42.8 Å². The predicted octanol–water partition coefficient (Wildman–Crippen LogP) is 0.198. The molecule has 0 amide bonds. The van der Waals surface area contributed by atoms with Crippen LogP contribution in [0.3, 0.4) is 0 Å². The second-order valence-corrected chi connectivity index (χ2v) is 4.40. The van der Waals surface area contributed by atoms with E-state index in [0.29, 0.717) is 0 Å². The molecule has 2 heterocycles. The highest BCUT2D eigenvalue weighted by Crippen LogP contribution is 2.24. The summed E-state index contributed by atoms with van der Waals surface area (Å²) in [6, 6.07) is 0.746. The Morgan fingerprint density at radius 1 is 1.33 bits per heavy atom. The molecule has 0 bridgehead atoms. The maximum absolute atomic E-state index is 5.95. The van der Waals surface area contributed by atoms with Gasteiger partial charge in [-0.1, -0.05) is 0 Å². The highest BCUT2D eigenvalue weighted by molar-refractivity contribution is 4.98. The normalized spacial score (nSPS) is 31.5. The minimum atomic E-state index is 0.0817. The maximum Gasteiger partial charge on any atom is 0.0480 e. The summed E-state index contributed by atoms with van der Waals surface area (Å²) in [5.74, 6) is 0. The molecule has 0 spiro atoms. The highest BCUT2D eigenvalue weighted by atomic mass is 16.5. The number of ether oxygens (including phenoxy) is 1. The highest BCUT2D eigenvalue weighted by Gasteiger charge is 2.38. The van der Waals surface area contributed by atoms with Gasteiger partial charge in [0, 0.05) is 37.9 Å². The average Bonchev–Trinajstić information content (AvgIpc) is 2.02. The molecule has 3 nitrogen and oxygen atoms in total. The molecule has 70 valence electrons. The van der Waals surface area contributed by atoms with Crippen molar-refractivity contribution in [3.05, 3.63) is 0 Å². The van der Waals surface area contributed by atoms with Crippen LogP contribution in [0.2, 0.25) is 0 Å². The molecule has 0 saturated carbocycles. The fourth-order valence-corrected chi connectivity index (χ4v) is 2.19. The van der Waals surface area contributed by atoms with Crippen LogP contribution < -0.4 is 5.73 Å². The number of hydrogen-bond acceptors (Lipinski definition) is 3. The Labute approximate surface area is 73.9 Å². The van der Waals surface area contributed by atoms with Crippen molar-refractivity contribution in [3.8, 4) is 0 Å². The number of likely N-dealkylation sites (tertiary alicyclic amines) is 1. The Kier molecular flexibility index (Phi) is 2.10. The van der Waals surface area contributed by atoms with E-state index in [1.165, 1.54) is 12.8 Å². The first-order valence-corrected chi connectivity index (χ1v) is 4.78. The molecular formula is C9H18N2O. The first-order valence-electron chi connectivity index (χ1n) is 4.78. The van der Waals surface area contributed by atoms with Gasteiger partial charge in [-0.3, -0.25) is 4.90 Å².